The summed E-state index contributed by atoms with van der Waals surface area (Å²) in [6.45, 7) is 1.55. The lowest BCUT2D eigenvalue weighted by molar-refractivity contribution is 0.491. The third-order valence-corrected chi connectivity index (χ3v) is 3.08. The van der Waals surface area contributed by atoms with Gasteiger partial charge in [-0.2, -0.15) is 0 Å². The van der Waals surface area contributed by atoms with Gasteiger partial charge < -0.3 is 5.32 Å². The summed E-state index contributed by atoms with van der Waals surface area (Å²) in [7, 11) is 0. The lowest BCUT2D eigenvalue weighted by Crippen LogP contribution is -2.20. The Hall–Kier alpha value is -1.88. The van der Waals surface area contributed by atoms with Crippen molar-refractivity contribution in [2.24, 2.45) is 0 Å². The first kappa shape index (κ1) is 14.5. The molecule has 5 heteroatoms. The summed E-state index contributed by atoms with van der Waals surface area (Å²) in [5, 5.41) is 2.81. The van der Waals surface area contributed by atoms with Crippen LogP contribution < -0.4 is 5.32 Å². The molecule has 2 aromatic rings. The Kier molecular flexibility index (Phi) is 4.39. The average Bonchev–Trinajstić information content (AvgIpc) is 2.37. The Morgan fingerprint density at radius 1 is 0.950 bits per heavy atom. The van der Waals surface area contributed by atoms with Gasteiger partial charge >= 0.3 is 0 Å². The van der Waals surface area contributed by atoms with Gasteiger partial charge in [0.2, 0.25) is 0 Å². The lowest BCUT2D eigenvalue weighted by atomic mass is 10.1. The molecule has 2 aromatic carbocycles. The highest BCUT2D eigenvalue weighted by molar-refractivity contribution is 5.23. The quantitative estimate of drug-likeness (QED) is 0.833. The number of halogens is 4. The summed E-state index contributed by atoms with van der Waals surface area (Å²) in [4.78, 5) is 0. The van der Waals surface area contributed by atoms with E-state index < -0.39 is 29.3 Å². The van der Waals surface area contributed by atoms with Gasteiger partial charge in [-0.15, -0.1) is 0 Å². The van der Waals surface area contributed by atoms with Crippen molar-refractivity contribution in [1.82, 2.24) is 5.32 Å². The van der Waals surface area contributed by atoms with E-state index in [1.165, 1.54) is 12.1 Å². The van der Waals surface area contributed by atoms with Crippen LogP contribution in [0.15, 0.2) is 36.4 Å². The molecule has 1 N–H and O–H groups in total. The normalized spacial score (nSPS) is 12.4. The van der Waals surface area contributed by atoms with Crippen molar-refractivity contribution >= 4 is 0 Å². The van der Waals surface area contributed by atoms with Crippen molar-refractivity contribution in [3.63, 3.8) is 0 Å². The number of hydrogen-bond acceptors (Lipinski definition) is 1. The maximum absolute atomic E-state index is 13.6. The van der Waals surface area contributed by atoms with Crippen LogP contribution in [0.5, 0.6) is 0 Å². The van der Waals surface area contributed by atoms with Crippen LogP contribution in [0.25, 0.3) is 0 Å². The Morgan fingerprint density at radius 3 is 2.20 bits per heavy atom. The molecule has 2 rings (SSSR count). The van der Waals surface area contributed by atoms with Crippen LogP contribution in [0.1, 0.15) is 24.1 Å². The van der Waals surface area contributed by atoms with E-state index in [0.29, 0.717) is 0 Å². The molecular weight excluding hydrogens is 270 g/mol. The van der Waals surface area contributed by atoms with Crippen molar-refractivity contribution in [1.29, 1.82) is 0 Å². The summed E-state index contributed by atoms with van der Waals surface area (Å²) < 4.78 is 53.2. The van der Waals surface area contributed by atoms with Crippen molar-refractivity contribution in [2.45, 2.75) is 19.5 Å². The molecule has 20 heavy (non-hydrogen) atoms. The predicted molar refractivity (Wildman–Crippen MR) is 68.0 cm³/mol. The highest BCUT2D eigenvalue weighted by Crippen LogP contribution is 2.19. The third kappa shape index (κ3) is 3.17. The minimum absolute atomic E-state index is 0.0868. The van der Waals surface area contributed by atoms with Gasteiger partial charge in [0.1, 0.15) is 23.3 Å². The van der Waals surface area contributed by atoms with Crippen LogP contribution in [0.3, 0.4) is 0 Å². The largest absolute Gasteiger partial charge is 0.306 e. The second-order valence-corrected chi connectivity index (χ2v) is 4.47. The highest BCUT2D eigenvalue weighted by atomic mass is 19.1. The first-order valence-corrected chi connectivity index (χ1v) is 6.10. The SMILES string of the molecule is CC(NCc1c(F)cccc1F)c1ccc(F)cc1F. The van der Waals surface area contributed by atoms with Gasteiger partial charge in [0.25, 0.3) is 0 Å². The van der Waals surface area contributed by atoms with Gasteiger partial charge in [-0.25, -0.2) is 17.6 Å². The lowest BCUT2D eigenvalue weighted by Gasteiger charge is -2.15. The third-order valence-electron chi connectivity index (χ3n) is 3.08. The van der Waals surface area contributed by atoms with E-state index in [1.807, 2.05) is 0 Å². The predicted octanol–water partition coefficient (Wildman–Crippen LogP) is 4.09. The fourth-order valence-corrected chi connectivity index (χ4v) is 1.92. The van der Waals surface area contributed by atoms with Gasteiger partial charge in [0.05, 0.1) is 0 Å². The van der Waals surface area contributed by atoms with Gasteiger partial charge in [-0.1, -0.05) is 12.1 Å². The topological polar surface area (TPSA) is 12.0 Å². The second kappa shape index (κ2) is 6.05. The zero-order valence-electron chi connectivity index (χ0n) is 10.8. The van der Waals surface area contributed by atoms with Gasteiger partial charge in [0.15, 0.2) is 0 Å². The minimum Gasteiger partial charge on any atom is -0.306 e. The smallest absolute Gasteiger partial charge is 0.130 e. The minimum atomic E-state index is -0.695. The fraction of sp³-hybridized carbons (Fsp3) is 0.200. The van der Waals surface area contributed by atoms with Crippen LogP contribution in [-0.2, 0) is 6.54 Å². The molecule has 106 valence electrons. The van der Waals surface area contributed by atoms with Gasteiger partial charge in [-0.3, -0.25) is 0 Å². The second-order valence-electron chi connectivity index (χ2n) is 4.47. The fourth-order valence-electron chi connectivity index (χ4n) is 1.92. The Morgan fingerprint density at radius 2 is 1.60 bits per heavy atom. The van der Waals surface area contributed by atoms with Crippen LogP contribution in [0.2, 0.25) is 0 Å². The molecule has 0 fully saturated rings. The molecule has 1 unspecified atom stereocenters. The summed E-state index contributed by atoms with van der Waals surface area (Å²) >= 11 is 0. The molecule has 0 saturated carbocycles. The summed E-state index contributed by atoms with van der Waals surface area (Å²) in [6, 6.07) is 6.30. The standard InChI is InChI=1S/C15H13F4N/c1-9(11-6-5-10(16)7-15(11)19)20-8-12-13(17)3-2-4-14(12)18/h2-7,9,20H,8H2,1H3. The van der Waals surface area contributed by atoms with Crippen LogP contribution in [-0.4, -0.2) is 0 Å². The zero-order chi connectivity index (χ0) is 14.7. The Balaban J connectivity index is 2.11. The summed E-state index contributed by atoms with van der Waals surface area (Å²) in [6.07, 6.45) is 0. The molecule has 0 saturated heterocycles. The molecule has 0 bridgehead atoms. The molecule has 0 aliphatic carbocycles. The average molecular weight is 283 g/mol. The molecule has 0 radical (unpaired) electrons. The molecule has 1 nitrogen and oxygen atoms in total. The maximum Gasteiger partial charge on any atom is 0.130 e. The van der Waals surface area contributed by atoms with Crippen molar-refractivity contribution < 1.29 is 17.6 Å². The number of nitrogens with one attached hydrogen (secondary N) is 1. The van der Waals surface area contributed by atoms with E-state index in [9.17, 15) is 17.6 Å². The molecule has 0 aliphatic rings. The first-order valence-electron chi connectivity index (χ1n) is 6.10. The van der Waals surface area contributed by atoms with Gasteiger partial charge in [0, 0.05) is 29.8 Å². The number of hydrogen-bond donors (Lipinski definition) is 1. The van der Waals surface area contributed by atoms with E-state index >= 15 is 0 Å². The van der Waals surface area contributed by atoms with Crippen LogP contribution >= 0.6 is 0 Å². The van der Waals surface area contributed by atoms with E-state index in [0.717, 1.165) is 24.3 Å². The van der Waals surface area contributed by atoms with Crippen LogP contribution in [0, 0.1) is 23.3 Å². The highest BCUT2D eigenvalue weighted by Gasteiger charge is 2.14. The zero-order valence-corrected chi connectivity index (χ0v) is 10.8. The Bertz CT molecular complexity index is 593. The number of rotatable bonds is 4. The Labute approximate surface area is 114 Å². The van der Waals surface area contributed by atoms with E-state index in [2.05, 4.69) is 5.32 Å². The molecule has 0 amide bonds. The van der Waals surface area contributed by atoms with E-state index in [1.54, 1.807) is 6.92 Å². The van der Waals surface area contributed by atoms with Crippen LogP contribution in [0.4, 0.5) is 17.6 Å². The van der Waals surface area contributed by atoms with Crippen molar-refractivity contribution in [2.75, 3.05) is 0 Å². The molecular formula is C15H13F4N. The molecule has 0 heterocycles. The summed E-state index contributed by atoms with van der Waals surface area (Å²) in [5.74, 6) is -2.69. The maximum atomic E-state index is 13.6. The molecule has 0 aromatic heterocycles. The van der Waals surface area contributed by atoms with Gasteiger partial charge in [-0.05, 0) is 25.1 Å². The van der Waals surface area contributed by atoms with E-state index in [-0.39, 0.29) is 17.7 Å². The summed E-state index contributed by atoms with van der Waals surface area (Å²) in [5.41, 5.74) is 0.130. The monoisotopic (exact) mass is 283 g/mol. The number of benzene rings is 2. The van der Waals surface area contributed by atoms with Crippen molar-refractivity contribution in [3.05, 3.63) is 70.8 Å². The first-order chi connectivity index (χ1) is 9.49. The van der Waals surface area contributed by atoms with E-state index in [4.69, 9.17) is 0 Å². The molecule has 0 aliphatic heterocycles. The molecule has 1 atom stereocenters. The molecule has 0 spiro atoms. The van der Waals surface area contributed by atoms with Crippen molar-refractivity contribution in [3.8, 4) is 0 Å².